The summed E-state index contributed by atoms with van der Waals surface area (Å²) < 4.78 is 5.37. The zero-order valence-corrected chi connectivity index (χ0v) is 15.7. The molecule has 0 aromatic carbocycles. The first-order chi connectivity index (χ1) is 11.7. The second kappa shape index (κ2) is 10.1. The Morgan fingerprint density at radius 2 is 2.21 bits per heavy atom. The van der Waals surface area contributed by atoms with Gasteiger partial charge in [0.25, 0.3) is 0 Å². The molecule has 0 aliphatic carbocycles. The highest BCUT2D eigenvalue weighted by atomic mass is 32.1. The first kappa shape index (κ1) is 18.5. The van der Waals surface area contributed by atoms with E-state index in [-0.39, 0.29) is 0 Å². The van der Waals surface area contributed by atoms with Crippen LogP contribution in [0.25, 0.3) is 0 Å². The van der Waals surface area contributed by atoms with Gasteiger partial charge in [0.2, 0.25) is 0 Å². The van der Waals surface area contributed by atoms with Gasteiger partial charge in [-0.2, -0.15) is 0 Å². The van der Waals surface area contributed by atoms with Gasteiger partial charge in [-0.15, -0.1) is 11.3 Å². The molecule has 0 amide bonds. The lowest BCUT2D eigenvalue weighted by molar-refractivity contribution is 0.506. The van der Waals surface area contributed by atoms with E-state index in [1.165, 1.54) is 11.3 Å². The van der Waals surface area contributed by atoms with Gasteiger partial charge in [0.05, 0.1) is 17.8 Å². The molecule has 0 bridgehead atoms. The molecule has 2 rings (SSSR count). The van der Waals surface area contributed by atoms with Crippen LogP contribution < -0.4 is 10.6 Å². The van der Waals surface area contributed by atoms with Crippen LogP contribution in [0, 0.1) is 6.92 Å². The minimum atomic E-state index is 0.332. The van der Waals surface area contributed by atoms with Crippen LogP contribution in [0.1, 0.15) is 48.3 Å². The first-order valence-electron chi connectivity index (χ1n) is 8.66. The third-order valence-electron chi connectivity index (χ3n) is 3.65. The van der Waals surface area contributed by atoms with Crippen LogP contribution in [-0.4, -0.2) is 30.6 Å². The van der Waals surface area contributed by atoms with Crippen molar-refractivity contribution < 1.29 is 4.42 Å². The third kappa shape index (κ3) is 6.35. The molecule has 2 N–H and O–H groups in total. The van der Waals surface area contributed by atoms with E-state index in [1.807, 2.05) is 18.3 Å². The number of hydrogen-bond donors (Lipinski definition) is 2. The number of nitrogens with one attached hydrogen (secondary N) is 2. The molecule has 0 radical (unpaired) electrons. The Kier molecular flexibility index (Phi) is 7.82. The molecule has 0 fully saturated rings. The fourth-order valence-electron chi connectivity index (χ4n) is 2.22. The van der Waals surface area contributed by atoms with E-state index in [2.05, 4.69) is 36.4 Å². The van der Waals surface area contributed by atoms with Crippen LogP contribution in [0.2, 0.25) is 0 Å². The van der Waals surface area contributed by atoms with Gasteiger partial charge in [-0.05, 0) is 25.5 Å². The van der Waals surface area contributed by atoms with Gasteiger partial charge in [0, 0.05) is 36.5 Å². The second-order valence-electron chi connectivity index (χ2n) is 5.94. The Morgan fingerprint density at radius 1 is 1.38 bits per heavy atom. The molecular weight excluding hydrogens is 320 g/mol. The quantitative estimate of drug-likeness (QED) is 0.412. The Labute approximate surface area is 148 Å². The number of unbranched alkanes of at least 4 members (excludes halogenated alkanes) is 1. The predicted octanol–water partition coefficient (Wildman–Crippen LogP) is 3.73. The number of aliphatic imine (C=N–C) groups is 1. The van der Waals surface area contributed by atoms with Crippen molar-refractivity contribution in [3.05, 3.63) is 40.2 Å². The van der Waals surface area contributed by atoms with E-state index in [9.17, 15) is 0 Å². The van der Waals surface area contributed by atoms with Crippen molar-refractivity contribution in [3.8, 4) is 0 Å². The summed E-state index contributed by atoms with van der Waals surface area (Å²) in [5.74, 6) is 2.19. The molecule has 24 heavy (non-hydrogen) atoms. The third-order valence-corrected chi connectivity index (χ3v) is 4.80. The number of thiazole rings is 1. The van der Waals surface area contributed by atoms with Crippen molar-refractivity contribution in [1.29, 1.82) is 0 Å². The zero-order valence-electron chi connectivity index (χ0n) is 14.8. The van der Waals surface area contributed by atoms with Crippen molar-refractivity contribution >= 4 is 17.3 Å². The number of aryl methyl sites for hydroxylation is 1. The standard InChI is InChI=1S/C18H28N4OS/c1-4-5-9-19-18(20-10-8-16-7-6-11-23-16)22-12-14(2)17-21-13-15(3)24-17/h6-7,11,13-14H,4-5,8-10,12H2,1-3H3,(H2,19,20,22). The summed E-state index contributed by atoms with van der Waals surface area (Å²) in [4.78, 5) is 10.4. The molecule has 2 heterocycles. The lowest BCUT2D eigenvalue weighted by atomic mass is 10.2. The highest BCUT2D eigenvalue weighted by molar-refractivity contribution is 7.11. The molecule has 2 aromatic rings. The van der Waals surface area contributed by atoms with Crippen LogP contribution in [-0.2, 0) is 6.42 Å². The molecule has 1 atom stereocenters. The van der Waals surface area contributed by atoms with Crippen LogP contribution in [0.4, 0.5) is 0 Å². The SMILES string of the molecule is CCCCNC(=NCC(C)c1ncc(C)s1)NCCc1ccco1. The normalized spacial score (nSPS) is 13.0. The first-order valence-corrected chi connectivity index (χ1v) is 9.47. The summed E-state index contributed by atoms with van der Waals surface area (Å²) in [6.07, 6.45) is 6.80. The van der Waals surface area contributed by atoms with Crippen LogP contribution in [0.3, 0.4) is 0 Å². The molecule has 0 aliphatic rings. The Morgan fingerprint density at radius 3 is 2.88 bits per heavy atom. The van der Waals surface area contributed by atoms with E-state index in [0.29, 0.717) is 5.92 Å². The van der Waals surface area contributed by atoms with Crippen molar-refractivity contribution in [1.82, 2.24) is 15.6 Å². The molecule has 5 nitrogen and oxygen atoms in total. The number of rotatable bonds is 9. The number of aromatic nitrogens is 1. The topological polar surface area (TPSA) is 62.5 Å². The van der Waals surface area contributed by atoms with E-state index in [0.717, 1.165) is 49.2 Å². The van der Waals surface area contributed by atoms with Gasteiger partial charge in [-0.25, -0.2) is 4.98 Å². The van der Waals surface area contributed by atoms with Crippen molar-refractivity contribution in [3.63, 3.8) is 0 Å². The molecular formula is C18H28N4OS. The maximum atomic E-state index is 5.37. The molecule has 0 aliphatic heterocycles. The largest absolute Gasteiger partial charge is 0.469 e. The van der Waals surface area contributed by atoms with E-state index >= 15 is 0 Å². The van der Waals surface area contributed by atoms with Gasteiger partial charge < -0.3 is 15.1 Å². The summed E-state index contributed by atoms with van der Waals surface area (Å²) >= 11 is 1.75. The summed E-state index contributed by atoms with van der Waals surface area (Å²) in [6.45, 7) is 8.92. The maximum Gasteiger partial charge on any atom is 0.191 e. The lowest BCUT2D eigenvalue weighted by Gasteiger charge is -2.13. The second-order valence-corrected chi connectivity index (χ2v) is 7.20. The summed E-state index contributed by atoms with van der Waals surface area (Å²) in [6, 6.07) is 3.91. The predicted molar refractivity (Wildman–Crippen MR) is 101 cm³/mol. The molecule has 132 valence electrons. The summed E-state index contributed by atoms with van der Waals surface area (Å²) in [5.41, 5.74) is 0. The van der Waals surface area contributed by atoms with E-state index in [1.54, 1.807) is 17.6 Å². The average Bonchev–Trinajstić information content (AvgIpc) is 3.23. The molecule has 1 unspecified atom stereocenters. The van der Waals surface area contributed by atoms with Crippen molar-refractivity contribution in [2.24, 2.45) is 4.99 Å². The highest BCUT2D eigenvalue weighted by Crippen LogP contribution is 2.21. The number of nitrogens with zero attached hydrogens (tertiary/aromatic N) is 2. The number of hydrogen-bond acceptors (Lipinski definition) is 4. The van der Waals surface area contributed by atoms with Gasteiger partial charge in [0.1, 0.15) is 5.76 Å². The number of furan rings is 1. The average molecular weight is 349 g/mol. The molecule has 0 saturated carbocycles. The number of guanidine groups is 1. The van der Waals surface area contributed by atoms with Gasteiger partial charge in [-0.3, -0.25) is 4.99 Å². The van der Waals surface area contributed by atoms with Gasteiger partial charge in [0.15, 0.2) is 5.96 Å². The molecule has 6 heteroatoms. The molecule has 0 spiro atoms. The van der Waals surface area contributed by atoms with E-state index < -0.39 is 0 Å². The van der Waals surface area contributed by atoms with Gasteiger partial charge in [-0.1, -0.05) is 20.3 Å². The zero-order chi connectivity index (χ0) is 17.2. The van der Waals surface area contributed by atoms with Gasteiger partial charge >= 0.3 is 0 Å². The fraction of sp³-hybridized carbons (Fsp3) is 0.556. The van der Waals surface area contributed by atoms with Crippen LogP contribution >= 0.6 is 11.3 Å². The monoisotopic (exact) mass is 348 g/mol. The highest BCUT2D eigenvalue weighted by Gasteiger charge is 2.09. The Balaban J connectivity index is 1.85. The van der Waals surface area contributed by atoms with Crippen molar-refractivity contribution in [2.75, 3.05) is 19.6 Å². The summed E-state index contributed by atoms with van der Waals surface area (Å²) in [7, 11) is 0. The lowest BCUT2D eigenvalue weighted by Crippen LogP contribution is -2.39. The maximum absolute atomic E-state index is 5.37. The Bertz CT molecular complexity index is 606. The molecule has 2 aromatic heterocycles. The van der Waals surface area contributed by atoms with Crippen LogP contribution in [0.15, 0.2) is 34.0 Å². The fourth-order valence-corrected chi connectivity index (χ4v) is 3.04. The summed E-state index contributed by atoms with van der Waals surface area (Å²) in [5, 5.41) is 7.95. The van der Waals surface area contributed by atoms with Crippen molar-refractivity contribution in [2.45, 2.75) is 46.0 Å². The smallest absolute Gasteiger partial charge is 0.191 e. The van der Waals surface area contributed by atoms with Crippen LogP contribution in [0.5, 0.6) is 0 Å². The minimum absolute atomic E-state index is 0.332. The Hall–Kier alpha value is -1.82. The molecule has 0 saturated heterocycles. The van der Waals surface area contributed by atoms with E-state index in [4.69, 9.17) is 9.41 Å². The minimum Gasteiger partial charge on any atom is -0.469 e.